The molecular weight excluding hydrogens is 366 g/mol. The van der Waals surface area contributed by atoms with Gasteiger partial charge < -0.3 is 5.32 Å². The van der Waals surface area contributed by atoms with Crippen LogP contribution in [0.2, 0.25) is 0 Å². The number of anilines is 1. The van der Waals surface area contributed by atoms with Crippen molar-refractivity contribution >= 4 is 33.9 Å². The number of nitriles is 1. The summed E-state index contributed by atoms with van der Waals surface area (Å²) >= 11 is 1.31. The van der Waals surface area contributed by atoms with Crippen molar-refractivity contribution in [3.63, 3.8) is 0 Å². The molecule has 1 aromatic heterocycles. The zero-order valence-electron chi connectivity index (χ0n) is 15.4. The van der Waals surface area contributed by atoms with Gasteiger partial charge in [-0.25, -0.2) is 4.98 Å². The van der Waals surface area contributed by atoms with Gasteiger partial charge in [-0.2, -0.15) is 5.26 Å². The predicted molar refractivity (Wildman–Crippen MR) is 116 cm³/mol. The Balaban J connectivity index is 1.95. The summed E-state index contributed by atoms with van der Waals surface area (Å²) in [4.78, 5) is 16.6. The van der Waals surface area contributed by atoms with Crippen molar-refractivity contribution in [2.45, 2.75) is 13.3 Å². The Morgan fingerprint density at radius 2 is 1.82 bits per heavy atom. The van der Waals surface area contributed by atoms with Crippen molar-refractivity contribution in [3.8, 4) is 17.3 Å². The number of carbonyl (C=O) groups is 1. The lowest BCUT2D eigenvalue weighted by Crippen LogP contribution is -2.08. The molecule has 2 aromatic carbocycles. The highest BCUT2D eigenvalue weighted by atomic mass is 32.1. The smallest absolute Gasteiger partial charge is 0.224 e. The first-order valence-corrected chi connectivity index (χ1v) is 9.73. The molecule has 0 aliphatic carbocycles. The number of thiazole rings is 1. The molecule has 1 amide bonds. The van der Waals surface area contributed by atoms with Crippen LogP contribution in [0.5, 0.6) is 0 Å². The lowest BCUT2D eigenvalue weighted by Gasteiger charge is -2.03. The molecule has 5 heteroatoms. The Morgan fingerprint density at radius 3 is 2.46 bits per heavy atom. The zero-order valence-corrected chi connectivity index (χ0v) is 16.2. The van der Waals surface area contributed by atoms with E-state index in [1.165, 1.54) is 11.3 Å². The Labute approximate surface area is 168 Å². The maximum absolute atomic E-state index is 11.9. The summed E-state index contributed by atoms with van der Waals surface area (Å²) in [5.74, 6) is -0.0844. The average Bonchev–Trinajstić information content (AvgIpc) is 3.16. The lowest BCUT2D eigenvalue weighted by molar-refractivity contribution is -0.115. The average molecular weight is 385 g/mol. The molecule has 1 N–H and O–H groups in total. The molecule has 0 saturated carbocycles. The number of allylic oxidation sites excluding steroid dienone is 3. The fourth-order valence-electron chi connectivity index (χ4n) is 2.50. The fourth-order valence-corrected chi connectivity index (χ4v) is 3.48. The molecule has 0 radical (unpaired) electrons. The summed E-state index contributed by atoms with van der Waals surface area (Å²) in [6.07, 6.45) is 5.89. The third-order valence-corrected chi connectivity index (χ3v) is 4.95. The summed E-state index contributed by atoms with van der Waals surface area (Å²) in [7, 11) is 0. The topological polar surface area (TPSA) is 65.8 Å². The van der Waals surface area contributed by atoms with Gasteiger partial charge in [0.1, 0.15) is 21.8 Å². The molecule has 28 heavy (non-hydrogen) atoms. The Bertz CT molecular complexity index is 1040. The molecule has 0 bridgehead atoms. The minimum absolute atomic E-state index is 0.0844. The van der Waals surface area contributed by atoms with Crippen LogP contribution in [0.1, 0.15) is 23.9 Å². The van der Waals surface area contributed by atoms with E-state index in [-0.39, 0.29) is 5.91 Å². The Morgan fingerprint density at radius 1 is 1.14 bits per heavy atom. The van der Waals surface area contributed by atoms with E-state index in [2.05, 4.69) is 16.4 Å². The van der Waals surface area contributed by atoms with Gasteiger partial charge in [-0.15, -0.1) is 0 Å². The quantitative estimate of drug-likeness (QED) is 0.432. The summed E-state index contributed by atoms with van der Waals surface area (Å²) in [5, 5.41) is 13.7. The normalized spacial score (nSPS) is 11.4. The predicted octanol–water partition coefficient (Wildman–Crippen LogP) is 5.78. The van der Waals surface area contributed by atoms with Gasteiger partial charge in [-0.1, -0.05) is 91.1 Å². The van der Waals surface area contributed by atoms with Gasteiger partial charge in [0.15, 0.2) is 0 Å². The molecule has 0 fully saturated rings. The lowest BCUT2D eigenvalue weighted by atomic mass is 10.1. The van der Waals surface area contributed by atoms with Gasteiger partial charge in [-0.05, 0) is 11.6 Å². The van der Waals surface area contributed by atoms with Crippen LogP contribution in [0.15, 0.2) is 72.8 Å². The fraction of sp³-hybridized carbons (Fsp3) is 0.0870. The summed E-state index contributed by atoms with van der Waals surface area (Å²) < 4.78 is 0. The van der Waals surface area contributed by atoms with Crippen LogP contribution in [-0.2, 0) is 4.79 Å². The second-order valence-corrected chi connectivity index (χ2v) is 6.93. The van der Waals surface area contributed by atoms with Crippen LogP contribution in [0, 0.1) is 11.3 Å². The first-order chi connectivity index (χ1) is 13.7. The van der Waals surface area contributed by atoms with Gasteiger partial charge in [0.2, 0.25) is 5.91 Å². The van der Waals surface area contributed by atoms with Crippen molar-refractivity contribution in [2.75, 3.05) is 5.32 Å². The number of hydrogen-bond acceptors (Lipinski definition) is 4. The standard InChI is InChI=1S/C23H19N3OS/c1-2-20(27)25-23-21(18-13-7-4-8-14-18)26-22(28-23)19(16-24)15-9-12-17-10-5-3-6-11-17/h3-15H,2H2,1H3,(H,25,27)/b12-9+,19-15+. The highest BCUT2D eigenvalue weighted by Crippen LogP contribution is 2.36. The molecule has 0 spiro atoms. The molecule has 4 nitrogen and oxygen atoms in total. The minimum Gasteiger partial charge on any atom is -0.316 e. The van der Waals surface area contributed by atoms with Crippen molar-refractivity contribution in [1.29, 1.82) is 5.26 Å². The molecule has 3 aromatic rings. The van der Waals surface area contributed by atoms with E-state index >= 15 is 0 Å². The molecule has 0 unspecified atom stereocenters. The van der Waals surface area contributed by atoms with Crippen molar-refractivity contribution < 1.29 is 4.79 Å². The molecule has 0 aliphatic heterocycles. The number of aromatic nitrogens is 1. The largest absolute Gasteiger partial charge is 0.316 e. The summed E-state index contributed by atoms with van der Waals surface area (Å²) in [5.41, 5.74) is 3.08. The maximum atomic E-state index is 11.9. The van der Waals surface area contributed by atoms with Gasteiger partial charge in [0.05, 0.1) is 5.57 Å². The van der Waals surface area contributed by atoms with Crippen LogP contribution in [0.25, 0.3) is 22.9 Å². The molecule has 0 saturated heterocycles. The van der Waals surface area contributed by atoms with Gasteiger partial charge in [-0.3, -0.25) is 4.79 Å². The third kappa shape index (κ3) is 4.81. The van der Waals surface area contributed by atoms with E-state index in [9.17, 15) is 10.1 Å². The van der Waals surface area contributed by atoms with Crippen molar-refractivity contribution in [2.24, 2.45) is 0 Å². The molecule has 0 atom stereocenters. The Hall–Kier alpha value is -3.49. The second-order valence-electron chi connectivity index (χ2n) is 5.93. The number of nitrogens with one attached hydrogen (secondary N) is 1. The second kappa shape index (κ2) is 9.45. The number of rotatable bonds is 6. The first-order valence-electron chi connectivity index (χ1n) is 8.91. The number of hydrogen-bond donors (Lipinski definition) is 1. The highest BCUT2D eigenvalue weighted by Gasteiger charge is 2.17. The zero-order chi connectivity index (χ0) is 19.8. The maximum Gasteiger partial charge on any atom is 0.224 e. The van der Waals surface area contributed by atoms with Crippen LogP contribution in [0.4, 0.5) is 5.00 Å². The number of carbonyl (C=O) groups excluding carboxylic acids is 1. The van der Waals surface area contributed by atoms with E-state index in [0.29, 0.717) is 27.7 Å². The van der Waals surface area contributed by atoms with Crippen LogP contribution >= 0.6 is 11.3 Å². The van der Waals surface area contributed by atoms with Crippen molar-refractivity contribution in [1.82, 2.24) is 4.98 Å². The van der Waals surface area contributed by atoms with Crippen LogP contribution in [0.3, 0.4) is 0 Å². The summed E-state index contributed by atoms with van der Waals surface area (Å²) in [6.45, 7) is 1.80. The molecule has 3 rings (SSSR count). The highest BCUT2D eigenvalue weighted by molar-refractivity contribution is 7.17. The monoisotopic (exact) mass is 385 g/mol. The van der Waals surface area contributed by atoms with E-state index in [1.807, 2.05) is 72.8 Å². The Kier molecular flexibility index (Phi) is 6.50. The number of nitrogens with zero attached hydrogens (tertiary/aromatic N) is 2. The van der Waals surface area contributed by atoms with E-state index < -0.39 is 0 Å². The SMILES string of the molecule is CCC(=O)Nc1sc(/C(C#N)=C/C=C/c2ccccc2)nc1-c1ccccc1. The van der Waals surface area contributed by atoms with Gasteiger partial charge in [0.25, 0.3) is 0 Å². The van der Waals surface area contributed by atoms with Gasteiger partial charge >= 0.3 is 0 Å². The summed E-state index contributed by atoms with van der Waals surface area (Å²) in [6, 6.07) is 21.7. The molecule has 1 heterocycles. The number of amides is 1. The van der Waals surface area contributed by atoms with Crippen LogP contribution in [-0.4, -0.2) is 10.9 Å². The van der Waals surface area contributed by atoms with Crippen molar-refractivity contribution in [3.05, 3.63) is 83.4 Å². The number of benzene rings is 2. The van der Waals surface area contributed by atoms with E-state index in [4.69, 9.17) is 0 Å². The van der Waals surface area contributed by atoms with E-state index in [0.717, 1.165) is 11.1 Å². The first kappa shape index (κ1) is 19.3. The minimum atomic E-state index is -0.0844. The molecule has 138 valence electrons. The van der Waals surface area contributed by atoms with E-state index in [1.54, 1.807) is 13.0 Å². The molecule has 0 aliphatic rings. The molecular formula is C23H19N3OS. The van der Waals surface area contributed by atoms with Crippen LogP contribution < -0.4 is 5.32 Å². The van der Waals surface area contributed by atoms with Gasteiger partial charge in [0, 0.05) is 12.0 Å². The third-order valence-electron chi connectivity index (χ3n) is 3.95.